The minimum absolute atomic E-state index is 0.0775. The first-order chi connectivity index (χ1) is 20.9. The molecule has 0 aliphatic heterocycles. The Hall–Kier alpha value is -2.71. The third-order valence-electron chi connectivity index (χ3n) is 6.94. The Bertz CT molecular complexity index is 1480. The van der Waals surface area contributed by atoms with Gasteiger partial charge < -0.3 is 0 Å². The van der Waals surface area contributed by atoms with Crippen molar-refractivity contribution in [3.05, 3.63) is 89.5 Å². The second kappa shape index (κ2) is 13.6. The van der Waals surface area contributed by atoms with E-state index in [1.807, 2.05) is 6.92 Å². The van der Waals surface area contributed by atoms with E-state index in [0.717, 1.165) is 5.56 Å². The van der Waals surface area contributed by atoms with Crippen molar-refractivity contribution in [1.29, 1.82) is 0 Å². The fourth-order valence-corrected chi connectivity index (χ4v) is 10.6. The van der Waals surface area contributed by atoms with Gasteiger partial charge in [-0.3, -0.25) is 0 Å². The van der Waals surface area contributed by atoms with Crippen LogP contribution in [0.1, 0.15) is 56.7 Å². The average molecular weight is 689 g/mol. The molecule has 0 saturated carbocycles. The van der Waals surface area contributed by atoms with Gasteiger partial charge in [-0.2, -0.15) is 47.9 Å². The van der Waals surface area contributed by atoms with E-state index in [9.17, 15) is 39.2 Å². The van der Waals surface area contributed by atoms with Gasteiger partial charge in [0.2, 0.25) is 0 Å². The number of benzene rings is 3. The van der Waals surface area contributed by atoms with Crippen LogP contribution < -0.4 is 0 Å². The van der Waals surface area contributed by atoms with Crippen LogP contribution in [0.15, 0.2) is 87.5 Å². The van der Waals surface area contributed by atoms with Gasteiger partial charge in [-0.1, -0.05) is 88.6 Å². The lowest BCUT2D eigenvalue weighted by Crippen LogP contribution is -2.63. The highest BCUT2D eigenvalue weighted by atomic mass is 32.3. The minimum atomic E-state index is -7.45. The van der Waals surface area contributed by atoms with Crippen LogP contribution in [0.4, 0.5) is 39.5 Å². The van der Waals surface area contributed by atoms with Crippen LogP contribution in [0, 0.1) is 0 Å². The maximum atomic E-state index is 15.3. The minimum Gasteiger partial charge on any atom is -0.202 e. The van der Waals surface area contributed by atoms with Crippen molar-refractivity contribution >= 4 is 20.4 Å². The molecule has 14 heteroatoms. The third-order valence-corrected chi connectivity index (χ3v) is 12.3. The van der Waals surface area contributed by atoms with Crippen molar-refractivity contribution in [2.45, 2.75) is 97.3 Å². The standard InChI is InChI=1S/C31H33F9O3S2/c1-4-13-22-20-23(14-5-2)27(24(21-22)15-6-3)44(25-16-9-7-10-17-25,26-18-11-8-12-19-26)43-45(41,42)31(39,40)29(34,35)28(32,33)30(36,37)38/h7-12,16-21H,4-6,13-15H2,1-3H3. The number of alkyl halides is 9. The predicted molar refractivity (Wildman–Crippen MR) is 155 cm³/mol. The van der Waals surface area contributed by atoms with Gasteiger partial charge in [0, 0.05) is 14.7 Å². The summed E-state index contributed by atoms with van der Waals surface area (Å²) in [5.41, 5.74) is 1.72. The molecule has 0 fully saturated rings. The van der Waals surface area contributed by atoms with E-state index >= 15 is 8.78 Å². The lowest BCUT2D eigenvalue weighted by Gasteiger charge is -2.43. The summed E-state index contributed by atoms with van der Waals surface area (Å²) < 4.78 is 159. The zero-order valence-electron chi connectivity index (χ0n) is 24.6. The third kappa shape index (κ3) is 6.60. The largest absolute Gasteiger partial charge is 0.460 e. The molecule has 0 unspecified atom stereocenters. The molecular weight excluding hydrogens is 655 g/mol. The van der Waals surface area contributed by atoms with Gasteiger partial charge >= 0.3 is 33.4 Å². The molecule has 0 N–H and O–H groups in total. The van der Waals surface area contributed by atoms with E-state index in [4.69, 9.17) is 3.63 Å². The Kier molecular flexibility index (Phi) is 11.1. The topological polar surface area (TPSA) is 43.4 Å². The molecule has 3 rings (SSSR count). The van der Waals surface area contributed by atoms with E-state index in [1.165, 1.54) is 60.7 Å². The summed E-state index contributed by atoms with van der Waals surface area (Å²) in [6, 6.07) is 17.3. The van der Waals surface area contributed by atoms with Gasteiger partial charge in [0.05, 0.1) is 0 Å². The van der Waals surface area contributed by atoms with E-state index in [2.05, 4.69) is 0 Å². The average Bonchev–Trinajstić information content (AvgIpc) is 2.97. The molecule has 0 amide bonds. The summed E-state index contributed by atoms with van der Waals surface area (Å²) in [6.07, 6.45) is -4.48. The van der Waals surface area contributed by atoms with Crippen LogP contribution in [-0.2, 0) is 33.0 Å². The lowest BCUT2D eigenvalue weighted by molar-refractivity contribution is -0.382. The fraction of sp³-hybridized carbons (Fsp3) is 0.419. The maximum absolute atomic E-state index is 15.3. The van der Waals surface area contributed by atoms with Gasteiger partial charge in [-0.15, -0.1) is 0 Å². The Morgan fingerprint density at radius 2 is 1.00 bits per heavy atom. The zero-order valence-corrected chi connectivity index (χ0v) is 26.2. The SMILES string of the molecule is CCCc1cc(CCC)c(S(OS(=O)(=O)C(F)(F)C(F)(F)C(F)(F)C(F)(F)F)(c2ccccc2)c2ccccc2)c(CCC)c1. The van der Waals surface area contributed by atoms with Gasteiger partial charge in [-0.25, -0.2) is 3.63 Å². The quantitative estimate of drug-likeness (QED) is 0.158. The monoisotopic (exact) mass is 688 g/mol. The van der Waals surface area contributed by atoms with Crippen molar-refractivity contribution in [3.8, 4) is 0 Å². The number of hydrogen-bond donors (Lipinski definition) is 0. The molecule has 0 spiro atoms. The predicted octanol–water partition coefficient (Wildman–Crippen LogP) is 10.5. The number of halogens is 9. The van der Waals surface area contributed by atoms with E-state index < -0.39 is 43.7 Å². The van der Waals surface area contributed by atoms with Crippen molar-refractivity contribution in [2.75, 3.05) is 0 Å². The molecule has 3 aromatic carbocycles. The summed E-state index contributed by atoms with van der Waals surface area (Å²) in [5, 5.41) is -7.03. The van der Waals surface area contributed by atoms with Crippen molar-refractivity contribution in [2.24, 2.45) is 0 Å². The summed E-state index contributed by atoms with van der Waals surface area (Å²) >= 11 is 0. The molecule has 0 aliphatic rings. The van der Waals surface area contributed by atoms with Gasteiger partial charge in [0.25, 0.3) is 0 Å². The molecular formula is C31H33F9O3S2. The Morgan fingerprint density at radius 3 is 1.36 bits per heavy atom. The molecule has 250 valence electrons. The molecule has 3 nitrogen and oxygen atoms in total. The molecule has 0 saturated heterocycles. The van der Waals surface area contributed by atoms with Crippen LogP contribution in [0.5, 0.6) is 0 Å². The van der Waals surface area contributed by atoms with Crippen LogP contribution in [0.2, 0.25) is 0 Å². The van der Waals surface area contributed by atoms with E-state index in [1.54, 1.807) is 26.0 Å². The van der Waals surface area contributed by atoms with Crippen LogP contribution in [-0.4, -0.2) is 31.7 Å². The zero-order chi connectivity index (χ0) is 33.9. The normalized spacial score (nSPS) is 14.0. The number of hydrogen-bond acceptors (Lipinski definition) is 3. The van der Waals surface area contributed by atoms with Crippen molar-refractivity contribution in [3.63, 3.8) is 0 Å². The molecule has 0 aromatic heterocycles. The van der Waals surface area contributed by atoms with E-state index in [-0.39, 0.29) is 27.5 Å². The summed E-state index contributed by atoms with van der Waals surface area (Å²) in [6.45, 7) is 5.51. The molecule has 3 aromatic rings. The second-order valence-electron chi connectivity index (χ2n) is 10.4. The summed E-state index contributed by atoms with van der Waals surface area (Å²) in [4.78, 5) is -0.0902. The van der Waals surface area contributed by atoms with Crippen LogP contribution in [0.25, 0.3) is 0 Å². The van der Waals surface area contributed by atoms with Crippen molar-refractivity contribution in [1.82, 2.24) is 0 Å². The Labute approximate surface area is 258 Å². The fourth-order valence-electron chi connectivity index (χ4n) is 4.94. The smallest absolute Gasteiger partial charge is 0.202 e. The molecule has 0 aliphatic carbocycles. The first kappa shape index (κ1) is 36.8. The Balaban J connectivity index is 2.55. The lowest BCUT2D eigenvalue weighted by atomic mass is 9.97. The molecule has 45 heavy (non-hydrogen) atoms. The van der Waals surface area contributed by atoms with Crippen LogP contribution in [0.3, 0.4) is 0 Å². The highest BCUT2D eigenvalue weighted by molar-refractivity contribution is 8.33. The highest BCUT2D eigenvalue weighted by Gasteiger charge is 2.86. The van der Waals surface area contributed by atoms with Gasteiger partial charge in [-0.05, 0) is 70.5 Å². The first-order valence-corrected chi connectivity index (χ1v) is 17.1. The molecule has 0 atom stereocenters. The highest BCUT2D eigenvalue weighted by Crippen LogP contribution is 2.73. The number of aryl methyl sites for hydroxylation is 3. The van der Waals surface area contributed by atoms with Crippen LogP contribution >= 0.6 is 10.3 Å². The Morgan fingerprint density at radius 1 is 0.600 bits per heavy atom. The molecule has 0 heterocycles. The maximum Gasteiger partial charge on any atom is 0.460 e. The van der Waals surface area contributed by atoms with E-state index in [0.29, 0.717) is 36.8 Å². The summed E-state index contributed by atoms with van der Waals surface area (Å²) in [5.74, 6) is -14.9. The first-order valence-electron chi connectivity index (χ1n) is 14.1. The summed E-state index contributed by atoms with van der Waals surface area (Å²) in [7, 11) is -11.4. The molecule has 0 bridgehead atoms. The molecule has 0 radical (unpaired) electrons. The second-order valence-corrected chi connectivity index (χ2v) is 14.8. The van der Waals surface area contributed by atoms with Crippen molar-refractivity contribution < 1.29 is 51.6 Å². The van der Waals surface area contributed by atoms with Gasteiger partial charge in [0.15, 0.2) is 0 Å². The van der Waals surface area contributed by atoms with Gasteiger partial charge in [0.1, 0.15) is 0 Å². The number of rotatable bonds is 14.